The predicted molar refractivity (Wildman–Crippen MR) is 67.6 cm³/mol. The average Bonchev–Trinajstić information content (AvgIpc) is 2.60. The minimum absolute atomic E-state index is 0.233. The Labute approximate surface area is 102 Å². The molecule has 96 valence electrons. The maximum atomic E-state index is 7.28. The van der Waals surface area contributed by atoms with Gasteiger partial charge in [0.15, 0.2) is 0 Å². The maximum Gasteiger partial charge on any atom is 0.140 e. The molecule has 0 atom stereocenters. The summed E-state index contributed by atoms with van der Waals surface area (Å²) < 4.78 is 1.78. The van der Waals surface area contributed by atoms with Crippen LogP contribution in [0, 0.1) is 11.3 Å². The van der Waals surface area contributed by atoms with Gasteiger partial charge in [0.25, 0.3) is 0 Å². The van der Waals surface area contributed by atoms with Crippen molar-refractivity contribution in [3.63, 3.8) is 0 Å². The van der Waals surface area contributed by atoms with E-state index in [0.717, 1.165) is 25.5 Å². The molecular weight excluding hydrogens is 216 g/mol. The second-order valence-corrected chi connectivity index (χ2v) is 4.70. The quantitative estimate of drug-likeness (QED) is 0.538. The molecule has 0 unspecified atom stereocenters. The molecule has 0 aromatic carbocycles. The van der Waals surface area contributed by atoms with Crippen molar-refractivity contribution in [1.29, 1.82) is 5.41 Å². The first-order chi connectivity index (χ1) is 7.99. The second kappa shape index (κ2) is 6.34. The molecule has 1 heterocycles. The molecule has 0 bridgehead atoms. The molecule has 0 fully saturated rings. The number of hydrogen-bond donors (Lipinski definition) is 2. The Kier molecular flexibility index (Phi) is 5.09. The Morgan fingerprint density at radius 2 is 2.29 bits per heavy atom. The highest BCUT2D eigenvalue weighted by molar-refractivity contribution is 5.76. The van der Waals surface area contributed by atoms with Crippen LogP contribution in [0.3, 0.4) is 0 Å². The van der Waals surface area contributed by atoms with Gasteiger partial charge in [-0.3, -0.25) is 15.0 Å². The van der Waals surface area contributed by atoms with Gasteiger partial charge in [0, 0.05) is 26.6 Å². The third-order valence-corrected chi connectivity index (χ3v) is 2.49. The highest BCUT2D eigenvalue weighted by Gasteiger charge is 2.11. The Balaban J connectivity index is 2.56. The first-order valence-electron chi connectivity index (χ1n) is 5.87. The van der Waals surface area contributed by atoms with Crippen LogP contribution in [0.15, 0.2) is 6.33 Å². The second-order valence-electron chi connectivity index (χ2n) is 4.70. The molecule has 1 rings (SSSR count). The van der Waals surface area contributed by atoms with Crippen LogP contribution < -0.4 is 5.73 Å². The SMILES string of the molecule is CC(C)CN(CCC(=N)N)Cc1ncnn1C. The van der Waals surface area contributed by atoms with Crippen molar-refractivity contribution >= 4 is 5.84 Å². The maximum absolute atomic E-state index is 7.28. The summed E-state index contributed by atoms with van der Waals surface area (Å²) in [4.78, 5) is 6.48. The summed E-state index contributed by atoms with van der Waals surface area (Å²) in [5, 5.41) is 11.3. The zero-order valence-electron chi connectivity index (χ0n) is 10.8. The van der Waals surface area contributed by atoms with Gasteiger partial charge in [-0.15, -0.1) is 0 Å². The normalized spacial score (nSPS) is 11.4. The van der Waals surface area contributed by atoms with Crippen molar-refractivity contribution in [3.05, 3.63) is 12.2 Å². The van der Waals surface area contributed by atoms with E-state index in [2.05, 4.69) is 28.8 Å². The summed E-state index contributed by atoms with van der Waals surface area (Å²) in [5.74, 6) is 1.75. The minimum atomic E-state index is 0.233. The number of nitrogens with zero attached hydrogens (tertiary/aromatic N) is 4. The van der Waals surface area contributed by atoms with Crippen molar-refractivity contribution in [2.45, 2.75) is 26.8 Å². The number of hydrogen-bond acceptors (Lipinski definition) is 4. The monoisotopic (exact) mass is 238 g/mol. The molecule has 0 amide bonds. The number of aromatic nitrogens is 3. The lowest BCUT2D eigenvalue weighted by molar-refractivity contribution is 0.233. The molecule has 0 radical (unpaired) electrons. The Bertz CT molecular complexity index is 357. The molecular formula is C11H22N6. The van der Waals surface area contributed by atoms with Crippen LogP contribution in [-0.4, -0.2) is 38.6 Å². The molecule has 0 aliphatic rings. The van der Waals surface area contributed by atoms with Crippen LogP contribution in [-0.2, 0) is 13.6 Å². The van der Waals surface area contributed by atoms with Crippen molar-refractivity contribution in [1.82, 2.24) is 19.7 Å². The summed E-state index contributed by atoms with van der Waals surface area (Å²) in [6, 6.07) is 0. The topological polar surface area (TPSA) is 83.8 Å². The molecule has 6 heteroatoms. The lowest BCUT2D eigenvalue weighted by Gasteiger charge is -2.23. The number of nitrogens with one attached hydrogen (secondary N) is 1. The first kappa shape index (κ1) is 13.6. The van der Waals surface area contributed by atoms with Crippen LogP contribution >= 0.6 is 0 Å². The van der Waals surface area contributed by atoms with Gasteiger partial charge in [-0.2, -0.15) is 5.10 Å². The average molecular weight is 238 g/mol. The van der Waals surface area contributed by atoms with Gasteiger partial charge < -0.3 is 5.73 Å². The molecule has 0 spiro atoms. The van der Waals surface area contributed by atoms with E-state index in [0.29, 0.717) is 12.3 Å². The summed E-state index contributed by atoms with van der Waals surface area (Å²) in [6.45, 7) is 6.87. The standard InChI is InChI=1S/C11H22N6/c1-9(2)6-17(5-4-10(12)13)7-11-14-8-15-16(11)3/h8-9H,4-7H2,1-3H3,(H3,12,13). The lowest BCUT2D eigenvalue weighted by atomic mass is 10.2. The van der Waals surface area contributed by atoms with Crippen molar-refractivity contribution < 1.29 is 0 Å². The van der Waals surface area contributed by atoms with Gasteiger partial charge in [-0.1, -0.05) is 13.8 Å². The molecule has 0 aliphatic carbocycles. The van der Waals surface area contributed by atoms with Gasteiger partial charge in [-0.05, 0) is 5.92 Å². The fourth-order valence-corrected chi connectivity index (χ4v) is 1.69. The Morgan fingerprint density at radius 3 is 2.76 bits per heavy atom. The van der Waals surface area contributed by atoms with E-state index >= 15 is 0 Å². The van der Waals surface area contributed by atoms with E-state index in [1.807, 2.05) is 7.05 Å². The molecule has 0 saturated carbocycles. The van der Waals surface area contributed by atoms with E-state index in [-0.39, 0.29) is 5.84 Å². The van der Waals surface area contributed by atoms with Crippen LogP contribution in [0.5, 0.6) is 0 Å². The highest BCUT2D eigenvalue weighted by atomic mass is 15.3. The van der Waals surface area contributed by atoms with Crippen molar-refractivity contribution in [3.8, 4) is 0 Å². The fourth-order valence-electron chi connectivity index (χ4n) is 1.69. The van der Waals surface area contributed by atoms with E-state index in [4.69, 9.17) is 11.1 Å². The van der Waals surface area contributed by atoms with Crippen LogP contribution in [0.2, 0.25) is 0 Å². The minimum Gasteiger partial charge on any atom is -0.388 e. The molecule has 0 saturated heterocycles. The summed E-state index contributed by atoms with van der Waals surface area (Å²) >= 11 is 0. The number of amidine groups is 1. The highest BCUT2D eigenvalue weighted by Crippen LogP contribution is 2.05. The third kappa shape index (κ3) is 4.95. The molecule has 17 heavy (non-hydrogen) atoms. The van der Waals surface area contributed by atoms with E-state index < -0.39 is 0 Å². The molecule has 3 N–H and O–H groups in total. The van der Waals surface area contributed by atoms with E-state index in [1.165, 1.54) is 0 Å². The molecule has 1 aromatic heterocycles. The summed E-state index contributed by atoms with van der Waals surface area (Å²) in [5.41, 5.74) is 5.40. The summed E-state index contributed by atoms with van der Waals surface area (Å²) in [7, 11) is 1.89. The predicted octanol–water partition coefficient (Wildman–Crippen LogP) is 0.599. The number of rotatable bonds is 7. The Morgan fingerprint density at radius 1 is 1.59 bits per heavy atom. The van der Waals surface area contributed by atoms with E-state index in [1.54, 1.807) is 11.0 Å². The van der Waals surface area contributed by atoms with Crippen LogP contribution in [0.25, 0.3) is 0 Å². The van der Waals surface area contributed by atoms with Gasteiger partial charge in [0.2, 0.25) is 0 Å². The van der Waals surface area contributed by atoms with Gasteiger partial charge in [0.05, 0.1) is 12.4 Å². The third-order valence-electron chi connectivity index (χ3n) is 2.49. The first-order valence-corrected chi connectivity index (χ1v) is 5.87. The largest absolute Gasteiger partial charge is 0.388 e. The molecule has 6 nitrogen and oxygen atoms in total. The molecule has 0 aliphatic heterocycles. The van der Waals surface area contributed by atoms with Gasteiger partial charge >= 0.3 is 0 Å². The van der Waals surface area contributed by atoms with Gasteiger partial charge in [0.1, 0.15) is 12.2 Å². The fraction of sp³-hybridized carbons (Fsp3) is 0.727. The number of nitrogens with two attached hydrogens (primary N) is 1. The van der Waals surface area contributed by atoms with Crippen molar-refractivity contribution in [2.75, 3.05) is 13.1 Å². The van der Waals surface area contributed by atoms with Crippen LogP contribution in [0.1, 0.15) is 26.1 Å². The number of aryl methyl sites for hydroxylation is 1. The summed E-state index contributed by atoms with van der Waals surface area (Å²) in [6.07, 6.45) is 2.17. The van der Waals surface area contributed by atoms with Crippen molar-refractivity contribution in [2.24, 2.45) is 18.7 Å². The van der Waals surface area contributed by atoms with Crippen LogP contribution in [0.4, 0.5) is 0 Å². The lowest BCUT2D eigenvalue weighted by Crippen LogP contribution is -2.31. The zero-order valence-corrected chi connectivity index (χ0v) is 10.8. The van der Waals surface area contributed by atoms with E-state index in [9.17, 15) is 0 Å². The Hall–Kier alpha value is -1.43. The smallest absolute Gasteiger partial charge is 0.140 e. The van der Waals surface area contributed by atoms with Gasteiger partial charge in [-0.25, -0.2) is 4.98 Å². The zero-order chi connectivity index (χ0) is 12.8. The molecule has 1 aromatic rings.